The molecule has 15 heavy (non-hydrogen) atoms. The fourth-order valence-corrected chi connectivity index (χ4v) is 1.83. The Hall–Kier alpha value is -0.810. The summed E-state index contributed by atoms with van der Waals surface area (Å²) in [5.74, 6) is 0.559. The van der Waals surface area contributed by atoms with E-state index < -0.39 is 5.60 Å². The van der Waals surface area contributed by atoms with E-state index in [0.717, 1.165) is 9.13 Å². The predicted octanol–water partition coefficient (Wildman–Crippen LogP) is 3.14. The number of hydrogen-bond donors (Lipinski definition) is 1. The third kappa shape index (κ3) is 2.08. The molecule has 0 aliphatic carbocycles. The number of benzene rings is 1. The first-order valence-electron chi connectivity index (χ1n) is 4.63. The van der Waals surface area contributed by atoms with E-state index in [1.54, 1.807) is 25.3 Å². The fourth-order valence-electron chi connectivity index (χ4n) is 1.47. The highest BCUT2D eigenvalue weighted by molar-refractivity contribution is 14.1. The van der Waals surface area contributed by atoms with Gasteiger partial charge in [-0.2, -0.15) is 0 Å². The molecule has 0 bridgehead atoms. The van der Waals surface area contributed by atoms with E-state index in [0.29, 0.717) is 5.76 Å². The Morgan fingerprint density at radius 3 is 2.40 bits per heavy atom. The van der Waals surface area contributed by atoms with Gasteiger partial charge in [0.2, 0.25) is 0 Å². The molecule has 0 amide bonds. The van der Waals surface area contributed by atoms with Crippen LogP contribution in [0.5, 0.6) is 0 Å². The van der Waals surface area contributed by atoms with Gasteiger partial charge in [-0.1, -0.05) is 12.1 Å². The zero-order valence-corrected chi connectivity index (χ0v) is 10.4. The lowest BCUT2D eigenvalue weighted by Crippen LogP contribution is -2.21. The molecular weight excluding hydrogens is 303 g/mol. The Balaban J connectivity index is 2.41. The lowest BCUT2D eigenvalue weighted by Gasteiger charge is -2.21. The maximum absolute atomic E-state index is 10.3. The molecular formula is C12H11IO2. The first-order valence-corrected chi connectivity index (χ1v) is 5.71. The van der Waals surface area contributed by atoms with Crippen LogP contribution in [0.2, 0.25) is 0 Å². The molecule has 3 heteroatoms. The van der Waals surface area contributed by atoms with Gasteiger partial charge in [0.05, 0.1) is 6.26 Å². The molecule has 0 saturated heterocycles. The quantitative estimate of drug-likeness (QED) is 0.864. The maximum atomic E-state index is 10.3. The van der Waals surface area contributed by atoms with Gasteiger partial charge in [0.1, 0.15) is 11.4 Å². The number of rotatable bonds is 2. The minimum absolute atomic E-state index is 0.559. The van der Waals surface area contributed by atoms with Crippen LogP contribution in [0, 0.1) is 3.57 Å². The van der Waals surface area contributed by atoms with Gasteiger partial charge in [-0.05, 0) is 59.3 Å². The highest BCUT2D eigenvalue weighted by Crippen LogP contribution is 2.29. The number of hydrogen-bond acceptors (Lipinski definition) is 2. The smallest absolute Gasteiger partial charge is 0.144 e. The number of halogens is 1. The van der Waals surface area contributed by atoms with Gasteiger partial charge in [-0.3, -0.25) is 0 Å². The van der Waals surface area contributed by atoms with Crippen molar-refractivity contribution < 1.29 is 9.52 Å². The van der Waals surface area contributed by atoms with Gasteiger partial charge in [-0.25, -0.2) is 0 Å². The molecule has 2 nitrogen and oxygen atoms in total. The Morgan fingerprint density at radius 2 is 1.87 bits per heavy atom. The molecule has 0 aliphatic heterocycles. The van der Waals surface area contributed by atoms with E-state index in [1.807, 2.05) is 24.3 Å². The highest BCUT2D eigenvalue weighted by Gasteiger charge is 2.28. The summed E-state index contributed by atoms with van der Waals surface area (Å²) in [6.45, 7) is 1.73. The van der Waals surface area contributed by atoms with Crippen molar-refractivity contribution in [2.24, 2.45) is 0 Å². The minimum atomic E-state index is -1.06. The summed E-state index contributed by atoms with van der Waals surface area (Å²) in [6, 6.07) is 11.3. The normalized spacial score (nSPS) is 14.9. The van der Waals surface area contributed by atoms with Crippen LogP contribution in [0.3, 0.4) is 0 Å². The molecule has 0 spiro atoms. The molecule has 1 aromatic heterocycles. The maximum Gasteiger partial charge on any atom is 0.144 e. The van der Waals surface area contributed by atoms with Gasteiger partial charge in [0.15, 0.2) is 0 Å². The summed E-state index contributed by atoms with van der Waals surface area (Å²) >= 11 is 2.23. The van der Waals surface area contributed by atoms with E-state index in [4.69, 9.17) is 4.42 Å². The van der Waals surface area contributed by atoms with Gasteiger partial charge in [0.25, 0.3) is 0 Å². The Labute approximate surface area is 102 Å². The molecule has 1 unspecified atom stereocenters. The van der Waals surface area contributed by atoms with E-state index in [1.165, 1.54) is 0 Å². The number of aliphatic hydroxyl groups is 1. The van der Waals surface area contributed by atoms with Crippen molar-refractivity contribution in [3.05, 3.63) is 57.6 Å². The van der Waals surface area contributed by atoms with Crippen molar-refractivity contribution in [2.45, 2.75) is 12.5 Å². The zero-order chi connectivity index (χ0) is 10.9. The third-order valence-electron chi connectivity index (χ3n) is 2.41. The Kier molecular flexibility index (Phi) is 2.84. The fraction of sp³-hybridized carbons (Fsp3) is 0.167. The SMILES string of the molecule is CC(O)(c1ccc(I)cc1)c1ccco1. The van der Waals surface area contributed by atoms with Crippen LogP contribution >= 0.6 is 22.6 Å². The topological polar surface area (TPSA) is 33.4 Å². The van der Waals surface area contributed by atoms with E-state index >= 15 is 0 Å². The van der Waals surface area contributed by atoms with Crippen molar-refractivity contribution in [2.75, 3.05) is 0 Å². The Morgan fingerprint density at radius 1 is 1.20 bits per heavy atom. The van der Waals surface area contributed by atoms with Crippen LogP contribution < -0.4 is 0 Å². The molecule has 1 heterocycles. The molecule has 1 aromatic carbocycles. The molecule has 78 valence electrons. The predicted molar refractivity (Wildman–Crippen MR) is 66.5 cm³/mol. The summed E-state index contributed by atoms with van der Waals surface area (Å²) in [5, 5.41) is 10.3. The molecule has 0 fully saturated rings. The second-order valence-corrected chi connectivity index (χ2v) is 4.80. The third-order valence-corrected chi connectivity index (χ3v) is 3.13. The van der Waals surface area contributed by atoms with Crippen LogP contribution in [0.4, 0.5) is 0 Å². The average Bonchev–Trinajstić information content (AvgIpc) is 2.71. The van der Waals surface area contributed by atoms with Gasteiger partial charge in [-0.15, -0.1) is 0 Å². The summed E-state index contributed by atoms with van der Waals surface area (Å²) in [4.78, 5) is 0. The first kappa shape index (κ1) is 10.7. The molecule has 0 saturated carbocycles. The van der Waals surface area contributed by atoms with E-state index in [9.17, 15) is 5.11 Å². The lowest BCUT2D eigenvalue weighted by atomic mass is 9.94. The summed E-state index contributed by atoms with van der Waals surface area (Å²) in [5.41, 5.74) is -0.230. The molecule has 0 aliphatic rings. The van der Waals surface area contributed by atoms with Gasteiger partial charge >= 0.3 is 0 Å². The van der Waals surface area contributed by atoms with Crippen LogP contribution in [-0.2, 0) is 5.60 Å². The Bertz CT molecular complexity index is 429. The minimum Gasteiger partial charge on any atom is -0.466 e. The molecule has 2 rings (SSSR count). The molecule has 2 aromatic rings. The summed E-state index contributed by atoms with van der Waals surface area (Å²) in [7, 11) is 0. The monoisotopic (exact) mass is 314 g/mol. The van der Waals surface area contributed by atoms with Crippen LogP contribution in [0.25, 0.3) is 0 Å². The van der Waals surface area contributed by atoms with Crippen molar-refractivity contribution in [1.82, 2.24) is 0 Å². The van der Waals surface area contributed by atoms with E-state index in [-0.39, 0.29) is 0 Å². The van der Waals surface area contributed by atoms with Crippen molar-refractivity contribution in [3.63, 3.8) is 0 Å². The average molecular weight is 314 g/mol. The van der Waals surface area contributed by atoms with Crippen LogP contribution in [-0.4, -0.2) is 5.11 Å². The zero-order valence-electron chi connectivity index (χ0n) is 8.27. The van der Waals surface area contributed by atoms with Crippen LogP contribution in [0.1, 0.15) is 18.2 Å². The van der Waals surface area contributed by atoms with Gasteiger partial charge < -0.3 is 9.52 Å². The van der Waals surface area contributed by atoms with E-state index in [2.05, 4.69) is 22.6 Å². The number of furan rings is 1. The van der Waals surface area contributed by atoms with Crippen LogP contribution in [0.15, 0.2) is 47.1 Å². The lowest BCUT2D eigenvalue weighted by molar-refractivity contribution is 0.0767. The van der Waals surface area contributed by atoms with Crippen molar-refractivity contribution in [3.8, 4) is 0 Å². The second kappa shape index (κ2) is 3.98. The molecule has 1 atom stereocenters. The molecule has 1 N–H and O–H groups in total. The summed E-state index contributed by atoms with van der Waals surface area (Å²) in [6.07, 6.45) is 1.57. The van der Waals surface area contributed by atoms with Crippen molar-refractivity contribution >= 4 is 22.6 Å². The highest BCUT2D eigenvalue weighted by atomic mass is 127. The first-order chi connectivity index (χ1) is 7.10. The molecule has 0 radical (unpaired) electrons. The summed E-state index contributed by atoms with van der Waals surface area (Å²) < 4.78 is 6.38. The second-order valence-electron chi connectivity index (χ2n) is 3.56. The standard InChI is InChI=1S/C12H11IO2/c1-12(14,11-3-2-8-15-11)9-4-6-10(13)7-5-9/h2-8,14H,1H3. The largest absolute Gasteiger partial charge is 0.466 e. The van der Waals surface area contributed by atoms with Gasteiger partial charge in [0, 0.05) is 3.57 Å². The van der Waals surface area contributed by atoms with Crippen molar-refractivity contribution in [1.29, 1.82) is 0 Å².